The number of rotatable bonds is 4. The molecule has 2 amide bonds. The molecule has 0 saturated carbocycles. The molecule has 1 N–H and O–H groups in total. The molecule has 7 nitrogen and oxygen atoms in total. The van der Waals surface area contributed by atoms with Crippen LogP contribution in [0.5, 0.6) is 5.75 Å². The molecule has 122 valence electrons. The molecule has 1 atom stereocenters. The third-order valence-corrected chi connectivity index (χ3v) is 4.04. The number of amides is 2. The van der Waals surface area contributed by atoms with Crippen molar-refractivity contribution in [2.45, 2.75) is 19.4 Å². The summed E-state index contributed by atoms with van der Waals surface area (Å²) in [5.74, 6) is 1.13. The number of anilines is 1. The zero-order valence-corrected chi connectivity index (χ0v) is 13.2. The lowest BCUT2D eigenvalue weighted by Crippen LogP contribution is -2.43. The Kier molecular flexibility index (Phi) is 4.75. The van der Waals surface area contributed by atoms with Gasteiger partial charge in [-0.05, 0) is 30.9 Å². The van der Waals surface area contributed by atoms with Crippen LogP contribution in [0.4, 0.5) is 10.5 Å². The first kappa shape index (κ1) is 15.3. The van der Waals surface area contributed by atoms with Crippen molar-refractivity contribution in [2.24, 2.45) is 5.92 Å². The lowest BCUT2D eigenvalue weighted by Gasteiger charge is -2.32. The fourth-order valence-electron chi connectivity index (χ4n) is 2.89. The maximum Gasteiger partial charge on any atom is 0.321 e. The van der Waals surface area contributed by atoms with E-state index < -0.39 is 0 Å². The van der Waals surface area contributed by atoms with Crippen molar-refractivity contribution in [3.63, 3.8) is 0 Å². The van der Waals surface area contributed by atoms with Crippen molar-refractivity contribution in [1.29, 1.82) is 0 Å². The first-order valence-corrected chi connectivity index (χ1v) is 7.77. The Morgan fingerprint density at radius 1 is 1.48 bits per heavy atom. The van der Waals surface area contributed by atoms with Crippen LogP contribution >= 0.6 is 0 Å². The van der Waals surface area contributed by atoms with Gasteiger partial charge in [0.05, 0.1) is 7.11 Å². The van der Waals surface area contributed by atoms with E-state index in [-0.39, 0.29) is 6.03 Å². The van der Waals surface area contributed by atoms with Crippen molar-refractivity contribution in [3.8, 4) is 5.75 Å². The van der Waals surface area contributed by atoms with Gasteiger partial charge in [0, 0.05) is 31.4 Å². The number of aromatic nitrogens is 3. The fraction of sp³-hybridized carbons (Fsp3) is 0.438. The van der Waals surface area contributed by atoms with Crippen LogP contribution < -0.4 is 10.1 Å². The predicted molar refractivity (Wildman–Crippen MR) is 86.3 cm³/mol. The Morgan fingerprint density at radius 2 is 2.39 bits per heavy atom. The van der Waals surface area contributed by atoms with Crippen LogP contribution in [-0.2, 0) is 6.54 Å². The van der Waals surface area contributed by atoms with E-state index in [1.54, 1.807) is 13.4 Å². The molecule has 0 bridgehead atoms. The Morgan fingerprint density at radius 3 is 3.17 bits per heavy atom. The molecule has 3 rings (SSSR count). The van der Waals surface area contributed by atoms with E-state index in [1.807, 2.05) is 33.8 Å². The molecule has 0 aliphatic carbocycles. The predicted octanol–water partition coefficient (Wildman–Crippen LogP) is 2.23. The number of hydrogen-bond acceptors (Lipinski definition) is 4. The maximum absolute atomic E-state index is 12.5. The summed E-state index contributed by atoms with van der Waals surface area (Å²) in [5, 5.41) is 7.08. The Labute approximate surface area is 135 Å². The van der Waals surface area contributed by atoms with E-state index in [1.165, 1.54) is 6.33 Å². The molecule has 1 aliphatic rings. The van der Waals surface area contributed by atoms with Crippen LogP contribution in [0.15, 0.2) is 36.9 Å². The van der Waals surface area contributed by atoms with Crippen LogP contribution in [0, 0.1) is 5.92 Å². The molecule has 23 heavy (non-hydrogen) atoms. The second-order valence-electron chi connectivity index (χ2n) is 5.73. The summed E-state index contributed by atoms with van der Waals surface area (Å²) in [6.07, 6.45) is 5.36. The number of carbonyl (C=O) groups is 1. The van der Waals surface area contributed by atoms with Crippen LogP contribution in [0.1, 0.15) is 12.8 Å². The number of nitrogens with zero attached hydrogens (tertiary/aromatic N) is 4. The minimum atomic E-state index is -0.0680. The lowest BCUT2D eigenvalue weighted by molar-refractivity contribution is 0.168. The van der Waals surface area contributed by atoms with Crippen LogP contribution in [0.25, 0.3) is 0 Å². The number of likely N-dealkylation sites (tertiary alicyclic amines) is 1. The third-order valence-electron chi connectivity index (χ3n) is 4.04. The molecule has 0 radical (unpaired) electrons. The van der Waals surface area contributed by atoms with Gasteiger partial charge in [-0.2, -0.15) is 5.10 Å². The number of methoxy groups -OCH3 is 1. The number of ether oxygens (including phenoxy) is 1. The third kappa shape index (κ3) is 4.00. The first-order valence-electron chi connectivity index (χ1n) is 7.77. The quantitative estimate of drug-likeness (QED) is 0.939. The van der Waals surface area contributed by atoms with Crippen molar-refractivity contribution in [2.75, 3.05) is 25.5 Å². The van der Waals surface area contributed by atoms with Gasteiger partial charge in [-0.15, -0.1) is 0 Å². The van der Waals surface area contributed by atoms with Gasteiger partial charge >= 0.3 is 6.03 Å². The number of nitrogens with one attached hydrogen (secondary N) is 1. The topological polar surface area (TPSA) is 72.3 Å². The maximum atomic E-state index is 12.5. The number of urea groups is 1. The SMILES string of the molecule is COc1cccc(NC(=O)N2CCCC(Cn3cncn3)C2)c1. The molecule has 1 aromatic carbocycles. The van der Waals surface area contributed by atoms with Gasteiger partial charge in [0.15, 0.2) is 0 Å². The van der Waals surface area contributed by atoms with Gasteiger partial charge in [-0.25, -0.2) is 9.78 Å². The van der Waals surface area contributed by atoms with E-state index in [4.69, 9.17) is 4.74 Å². The van der Waals surface area contributed by atoms with Crippen LogP contribution in [-0.4, -0.2) is 45.9 Å². The Balaban J connectivity index is 1.58. The van der Waals surface area contributed by atoms with E-state index >= 15 is 0 Å². The largest absolute Gasteiger partial charge is 0.497 e. The van der Waals surface area contributed by atoms with E-state index in [2.05, 4.69) is 15.4 Å². The Bertz CT molecular complexity index is 644. The summed E-state index contributed by atoms with van der Waals surface area (Å²) in [5.41, 5.74) is 0.743. The van der Waals surface area contributed by atoms with Crippen molar-refractivity contribution in [3.05, 3.63) is 36.9 Å². The van der Waals surface area contributed by atoms with Gasteiger partial charge < -0.3 is 15.0 Å². The molecule has 1 unspecified atom stereocenters. The van der Waals surface area contributed by atoms with Crippen molar-refractivity contribution >= 4 is 11.7 Å². The lowest BCUT2D eigenvalue weighted by atomic mass is 9.98. The van der Waals surface area contributed by atoms with Gasteiger partial charge in [0.1, 0.15) is 18.4 Å². The highest BCUT2D eigenvalue weighted by molar-refractivity contribution is 5.89. The molecule has 1 saturated heterocycles. The fourth-order valence-corrected chi connectivity index (χ4v) is 2.89. The zero-order valence-electron chi connectivity index (χ0n) is 13.2. The molecule has 2 heterocycles. The average Bonchev–Trinajstić information content (AvgIpc) is 3.08. The normalized spacial score (nSPS) is 17.8. The molecule has 2 aromatic rings. The zero-order chi connectivity index (χ0) is 16.1. The molecule has 7 heteroatoms. The van der Waals surface area contributed by atoms with Gasteiger partial charge in [0.25, 0.3) is 0 Å². The molecular weight excluding hydrogens is 294 g/mol. The monoisotopic (exact) mass is 315 g/mol. The first-order chi connectivity index (χ1) is 11.2. The van der Waals surface area contributed by atoms with E-state index in [0.717, 1.165) is 43.9 Å². The van der Waals surface area contributed by atoms with Crippen molar-refractivity contribution in [1.82, 2.24) is 19.7 Å². The molecular formula is C16H21N5O2. The number of piperidine rings is 1. The van der Waals surface area contributed by atoms with Crippen LogP contribution in [0.3, 0.4) is 0 Å². The summed E-state index contributed by atoms with van der Waals surface area (Å²) in [4.78, 5) is 18.3. The number of benzene rings is 1. The highest BCUT2D eigenvalue weighted by atomic mass is 16.5. The van der Waals surface area contributed by atoms with Gasteiger partial charge in [0.2, 0.25) is 0 Å². The standard InChI is InChI=1S/C16H21N5O2/c1-23-15-6-2-5-14(8-15)19-16(22)20-7-3-4-13(9-20)10-21-12-17-11-18-21/h2,5-6,8,11-13H,3-4,7,9-10H2,1H3,(H,19,22). The smallest absolute Gasteiger partial charge is 0.321 e. The summed E-state index contributed by atoms with van der Waals surface area (Å²) in [6, 6.07) is 7.32. The summed E-state index contributed by atoms with van der Waals surface area (Å²) >= 11 is 0. The molecule has 1 aromatic heterocycles. The van der Waals surface area contributed by atoms with Crippen LogP contribution in [0.2, 0.25) is 0 Å². The summed E-state index contributed by atoms with van der Waals surface area (Å²) < 4.78 is 7.00. The van der Waals surface area contributed by atoms with Crippen molar-refractivity contribution < 1.29 is 9.53 Å². The number of carbonyl (C=O) groups excluding carboxylic acids is 1. The van der Waals surface area contributed by atoms with Gasteiger partial charge in [-0.1, -0.05) is 6.07 Å². The molecule has 0 spiro atoms. The number of hydrogen-bond donors (Lipinski definition) is 1. The average molecular weight is 315 g/mol. The summed E-state index contributed by atoms with van der Waals surface area (Å²) in [7, 11) is 1.61. The second-order valence-corrected chi connectivity index (χ2v) is 5.73. The van der Waals surface area contributed by atoms with Gasteiger partial charge in [-0.3, -0.25) is 4.68 Å². The Hall–Kier alpha value is -2.57. The van der Waals surface area contributed by atoms with E-state index in [9.17, 15) is 4.79 Å². The minimum absolute atomic E-state index is 0.0680. The highest BCUT2D eigenvalue weighted by Crippen LogP contribution is 2.21. The molecule has 1 fully saturated rings. The van der Waals surface area contributed by atoms with E-state index in [0.29, 0.717) is 5.92 Å². The second kappa shape index (κ2) is 7.13. The summed E-state index contributed by atoms with van der Waals surface area (Å²) in [6.45, 7) is 2.31. The highest BCUT2D eigenvalue weighted by Gasteiger charge is 2.24. The molecule has 1 aliphatic heterocycles. The minimum Gasteiger partial charge on any atom is -0.497 e.